The SMILES string of the molecule is O=C(NC1(c2ccc(F)cc2F)CCOCC1)C1CO1. The van der Waals surface area contributed by atoms with Crippen LogP contribution in [-0.4, -0.2) is 31.8 Å². The zero-order chi connectivity index (χ0) is 14.2. The van der Waals surface area contributed by atoms with E-state index in [1.54, 1.807) is 0 Å². The largest absolute Gasteiger partial charge is 0.381 e. The number of epoxide rings is 1. The third-order valence-electron chi connectivity index (χ3n) is 3.78. The lowest BCUT2D eigenvalue weighted by Gasteiger charge is -2.38. The molecule has 2 aliphatic rings. The molecule has 2 aliphatic heterocycles. The molecule has 0 aromatic heterocycles. The number of hydrogen-bond donors (Lipinski definition) is 1. The minimum Gasteiger partial charge on any atom is -0.381 e. The predicted molar refractivity (Wildman–Crippen MR) is 66.0 cm³/mol. The molecular formula is C14H15F2NO3. The van der Waals surface area contributed by atoms with Gasteiger partial charge in [-0.05, 0) is 18.9 Å². The van der Waals surface area contributed by atoms with Gasteiger partial charge in [0, 0.05) is 24.8 Å². The summed E-state index contributed by atoms with van der Waals surface area (Å²) in [5.74, 6) is -1.54. The molecule has 0 spiro atoms. The molecule has 0 radical (unpaired) electrons. The van der Waals surface area contributed by atoms with Crippen molar-refractivity contribution in [1.29, 1.82) is 0 Å². The second-order valence-corrected chi connectivity index (χ2v) is 5.13. The van der Waals surface area contributed by atoms with Gasteiger partial charge in [-0.2, -0.15) is 0 Å². The van der Waals surface area contributed by atoms with E-state index in [2.05, 4.69) is 5.32 Å². The van der Waals surface area contributed by atoms with Crippen LogP contribution in [0.15, 0.2) is 18.2 Å². The van der Waals surface area contributed by atoms with E-state index in [9.17, 15) is 13.6 Å². The molecule has 4 nitrogen and oxygen atoms in total. The summed E-state index contributed by atoms with van der Waals surface area (Å²) in [5.41, 5.74) is -0.546. The van der Waals surface area contributed by atoms with Crippen LogP contribution in [0.25, 0.3) is 0 Å². The number of nitrogens with one attached hydrogen (secondary N) is 1. The lowest BCUT2D eigenvalue weighted by atomic mass is 9.82. The van der Waals surface area contributed by atoms with E-state index in [4.69, 9.17) is 9.47 Å². The van der Waals surface area contributed by atoms with Crippen LogP contribution >= 0.6 is 0 Å². The number of amides is 1. The molecule has 1 atom stereocenters. The molecule has 2 heterocycles. The second kappa shape index (κ2) is 5.10. The van der Waals surface area contributed by atoms with E-state index < -0.39 is 23.3 Å². The average molecular weight is 283 g/mol. The number of rotatable bonds is 3. The van der Waals surface area contributed by atoms with Crippen molar-refractivity contribution in [1.82, 2.24) is 5.32 Å². The molecule has 108 valence electrons. The Morgan fingerprint density at radius 2 is 2.00 bits per heavy atom. The third kappa shape index (κ3) is 2.53. The summed E-state index contributed by atoms with van der Waals surface area (Å²) < 4.78 is 37.4. The maximum absolute atomic E-state index is 14.1. The number of carbonyl (C=O) groups excluding carboxylic acids is 1. The van der Waals surface area contributed by atoms with Crippen molar-refractivity contribution in [3.8, 4) is 0 Å². The standard InChI is InChI=1S/C14H15F2NO3/c15-9-1-2-10(11(16)7-9)14(3-5-19-6-4-14)17-13(18)12-8-20-12/h1-2,7,12H,3-6,8H2,(H,17,18). The highest BCUT2D eigenvalue weighted by Crippen LogP contribution is 2.34. The van der Waals surface area contributed by atoms with Crippen LogP contribution < -0.4 is 5.32 Å². The highest BCUT2D eigenvalue weighted by molar-refractivity contribution is 5.83. The highest BCUT2D eigenvalue weighted by atomic mass is 19.1. The first-order chi connectivity index (χ1) is 9.61. The van der Waals surface area contributed by atoms with E-state index in [-0.39, 0.29) is 5.91 Å². The van der Waals surface area contributed by atoms with Gasteiger partial charge in [-0.1, -0.05) is 6.07 Å². The average Bonchev–Trinajstić information content (AvgIpc) is 3.23. The molecule has 1 aromatic rings. The second-order valence-electron chi connectivity index (χ2n) is 5.13. The molecule has 20 heavy (non-hydrogen) atoms. The third-order valence-corrected chi connectivity index (χ3v) is 3.78. The van der Waals surface area contributed by atoms with Gasteiger partial charge in [0.2, 0.25) is 0 Å². The van der Waals surface area contributed by atoms with E-state index in [0.29, 0.717) is 38.2 Å². The summed E-state index contributed by atoms with van der Waals surface area (Å²) >= 11 is 0. The number of benzene rings is 1. The van der Waals surface area contributed by atoms with Crippen LogP contribution in [0.1, 0.15) is 18.4 Å². The van der Waals surface area contributed by atoms with Gasteiger partial charge in [0.25, 0.3) is 5.91 Å². The molecule has 1 N–H and O–H groups in total. The number of halogens is 2. The summed E-state index contributed by atoms with van der Waals surface area (Å²) in [4.78, 5) is 12.0. The van der Waals surface area contributed by atoms with Crippen molar-refractivity contribution in [2.75, 3.05) is 19.8 Å². The molecular weight excluding hydrogens is 268 g/mol. The first-order valence-electron chi connectivity index (χ1n) is 6.58. The molecule has 2 fully saturated rings. The minimum absolute atomic E-state index is 0.254. The van der Waals surface area contributed by atoms with Crippen LogP contribution in [0, 0.1) is 11.6 Å². The Balaban J connectivity index is 1.93. The quantitative estimate of drug-likeness (QED) is 0.855. The topological polar surface area (TPSA) is 50.9 Å². The monoisotopic (exact) mass is 283 g/mol. The van der Waals surface area contributed by atoms with Crippen molar-refractivity contribution in [2.24, 2.45) is 0 Å². The Kier molecular flexibility index (Phi) is 3.43. The van der Waals surface area contributed by atoms with Gasteiger partial charge in [0.15, 0.2) is 6.10 Å². The molecule has 1 aromatic carbocycles. The summed E-state index contributed by atoms with van der Waals surface area (Å²) in [6, 6.07) is 3.44. The summed E-state index contributed by atoms with van der Waals surface area (Å²) in [7, 11) is 0. The van der Waals surface area contributed by atoms with Gasteiger partial charge in [0.05, 0.1) is 12.1 Å². The van der Waals surface area contributed by atoms with Crippen molar-refractivity contribution >= 4 is 5.91 Å². The summed E-state index contributed by atoms with van der Waals surface area (Å²) in [5, 5.41) is 2.86. The highest BCUT2D eigenvalue weighted by Gasteiger charge is 2.42. The minimum atomic E-state index is -0.848. The number of ether oxygens (including phenoxy) is 2. The van der Waals surface area contributed by atoms with Gasteiger partial charge in [-0.15, -0.1) is 0 Å². The van der Waals surface area contributed by atoms with Crippen molar-refractivity contribution in [2.45, 2.75) is 24.5 Å². The van der Waals surface area contributed by atoms with Gasteiger partial charge in [-0.25, -0.2) is 8.78 Å². The fourth-order valence-corrected chi connectivity index (χ4v) is 2.57. The molecule has 3 rings (SSSR count). The summed E-state index contributed by atoms with van der Waals surface area (Å²) in [6.07, 6.45) is 0.459. The van der Waals surface area contributed by atoms with Gasteiger partial charge >= 0.3 is 0 Å². The van der Waals surface area contributed by atoms with Crippen LogP contribution in [0.2, 0.25) is 0 Å². The van der Waals surface area contributed by atoms with E-state index in [1.807, 2.05) is 0 Å². The molecule has 0 saturated carbocycles. The number of hydrogen-bond acceptors (Lipinski definition) is 3. The lowest BCUT2D eigenvalue weighted by molar-refractivity contribution is -0.125. The Morgan fingerprint density at radius 3 is 2.60 bits per heavy atom. The molecule has 1 unspecified atom stereocenters. The van der Waals surface area contributed by atoms with Crippen LogP contribution in [0.4, 0.5) is 8.78 Å². The fourth-order valence-electron chi connectivity index (χ4n) is 2.57. The van der Waals surface area contributed by atoms with Crippen LogP contribution in [-0.2, 0) is 19.8 Å². The normalized spacial score (nSPS) is 24.2. The Hall–Kier alpha value is -1.53. The maximum atomic E-state index is 14.1. The van der Waals surface area contributed by atoms with Crippen LogP contribution in [0.5, 0.6) is 0 Å². The summed E-state index contributed by atoms with van der Waals surface area (Å²) in [6.45, 7) is 1.23. The van der Waals surface area contributed by atoms with E-state index in [1.165, 1.54) is 12.1 Å². The fraction of sp³-hybridized carbons (Fsp3) is 0.500. The van der Waals surface area contributed by atoms with Crippen LogP contribution in [0.3, 0.4) is 0 Å². The molecule has 0 aliphatic carbocycles. The Morgan fingerprint density at radius 1 is 1.30 bits per heavy atom. The molecule has 6 heteroatoms. The first kappa shape index (κ1) is 13.5. The molecule has 1 amide bonds. The van der Waals surface area contributed by atoms with Crippen molar-refractivity contribution < 1.29 is 23.0 Å². The van der Waals surface area contributed by atoms with Crippen molar-refractivity contribution in [3.05, 3.63) is 35.4 Å². The zero-order valence-electron chi connectivity index (χ0n) is 10.8. The maximum Gasteiger partial charge on any atom is 0.252 e. The van der Waals surface area contributed by atoms with Gasteiger partial charge in [0.1, 0.15) is 11.6 Å². The Bertz CT molecular complexity index is 525. The van der Waals surface area contributed by atoms with Gasteiger partial charge in [-0.3, -0.25) is 4.79 Å². The Labute approximate surface area is 115 Å². The van der Waals surface area contributed by atoms with Crippen molar-refractivity contribution in [3.63, 3.8) is 0 Å². The first-order valence-corrected chi connectivity index (χ1v) is 6.58. The predicted octanol–water partition coefficient (Wildman–Crippen LogP) is 1.49. The lowest BCUT2D eigenvalue weighted by Crippen LogP contribution is -2.51. The van der Waals surface area contributed by atoms with E-state index in [0.717, 1.165) is 6.07 Å². The van der Waals surface area contributed by atoms with Gasteiger partial charge < -0.3 is 14.8 Å². The van der Waals surface area contributed by atoms with E-state index >= 15 is 0 Å². The number of carbonyl (C=O) groups is 1. The molecule has 2 saturated heterocycles. The molecule has 0 bridgehead atoms. The smallest absolute Gasteiger partial charge is 0.252 e. The zero-order valence-corrected chi connectivity index (χ0v) is 10.8.